The Balaban J connectivity index is 1.25. The minimum atomic E-state index is -3.22. The molecule has 2 aliphatic heterocycles. The van der Waals surface area contributed by atoms with Crippen LogP contribution < -0.4 is 9.46 Å². The molecule has 0 spiro atoms. The lowest BCUT2D eigenvalue weighted by Gasteiger charge is -2.22. The lowest BCUT2D eigenvalue weighted by Crippen LogP contribution is -2.34. The third-order valence-electron chi connectivity index (χ3n) is 7.55. The molecule has 5 atom stereocenters. The largest absolute Gasteiger partial charge is 0.470 e. The number of fused-ring (bicyclic) bond motifs is 2. The normalized spacial score (nSPS) is 26.9. The van der Waals surface area contributed by atoms with Crippen LogP contribution in [-0.2, 0) is 19.5 Å². The average molecular weight is 587 g/mol. The molecule has 0 radical (unpaired) electrons. The Morgan fingerprint density at radius 3 is 2.65 bits per heavy atom. The summed E-state index contributed by atoms with van der Waals surface area (Å²) in [5.41, 5.74) is 5.86. The highest BCUT2D eigenvalue weighted by molar-refractivity contribution is 7.88. The molecule has 1 unspecified atom stereocenters. The number of rotatable bonds is 7. The number of hydrogen-bond acceptors (Lipinski definition) is 8. The van der Waals surface area contributed by atoms with Crippen LogP contribution in [0.5, 0.6) is 5.88 Å². The molecule has 2 aromatic heterocycles. The lowest BCUT2D eigenvalue weighted by atomic mass is 9.90. The van der Waals surface area contributed by atoms with Crippen LogP contribution in [0.4, 0.5) is 0 Å². The van der Waals surface area contributed by atoms with Gasteiger partial charge in [-0.2, -0.15) is 0 Å². The molecular formula is C28H31ClN4O6S. The Kier molecular flexibility index (Phi) is 7.45. The molecule has 3 N–H and O–H groups in total. The summed E-state index contributed by atoms with van der Waals surface area (Å²) in [6.07, 6.45) is 5.42. The van der Waals surface area contributed by atoms with Crippen molar-refractivity contribution >= 4 is 44.4 Å². The minimum absolute atomic E-state index is 0.0660. The number of aliphatic hydroxyl groups is 1. The summed E-state index contributed by atoms with van der Waals surface area (Å²) in [4.78, 5) is 12.4. The summed E-state index contributed by atoms with van der Waals surface area (Å²) in [5, 5.41) is 10.6. The number of H-pyrrole nitrogens is 1. The summed E-state index contributed by atoms with van der Waals surface area (Å²) in [6.45, 7) is 0.532. The zero-order valence-corrected chi connectivity index (χ0v) is 23.7. The number of benzene rings is 1. The van der Waals surface area contributed by atoms with Crippen LogP contribution >= 0.6 is 11.6 Å². The molecule has 3 aromatic rings. The van der Waals surface area contributed by atoms with Gasteiger partial charge in [-0.25, -0.2) is 18.1 Å². The predicted octanol–water partition coefficient (Wildman–Crippen LogP) is 3.32. The number of aliphatic hydroxyl groups excluding tert-OH is 1. The van der Waals surface area contributed by atoms with Gasteiger partial charge in [0.05, 0.1) is 41.3 Å². The van der Waals surface area contributed by atoms with Crippen LogP contribution in [0, 0.1) is 0 Å². The van der Waals surface area contributed by atoms with E-state index in [2.05, 4.69) is 20.8 Å². The second-order valence-corrected chi connectivity index (χ2v) is 12.6. The van der Waals surface area contributed by atoms with Crippen LogP contribution in [-0.4, -0.2) is 86.7 Å². The SMILES string of the molecule is CN=Cc1c(O[C@@H]2CO[C@H]3[C@@H]2OC[C@H]3O)[nH]c2cc(Cl)c(-c3ccc(C4=CCC(NS(C)(=O)=O)CC4)cc3)nc12. The quantitative estimate of drug-likeness (QED) is 0.361. The predicted molar refractivity (Wildman–Crippen MR) is 154 cm³/mol. The average Bonchev–Trinajstić information content (AvgIpc) is 3.59. The van der Waals surface area contributed by atoms with Crippen molar-refractivity contribution in [2.75, 3.05) is 26.5 Å². The van der Waals surface area contributed by atoms with Gasteiger partial charge in [-0.05, 0) is 36.5 Å². The molecule has 0 bridgehead atoms. The van der Waals surface area contributed by atoms with E-state index in [4.69, 9.17) is 30.8 Å². The van der Waals surface area contributed by atoms with Gasteiger partial charge in [0.1, 0.15) is 23.8 Å². The summed E-state index contributed by atoms with van der Waals surface area (Å²) in [7, 11) is -1.53. The Labute approximate surface area is 237 Å². The molecule has 212 valence electrons. The molecule has 6 rings (SSSR count). The Bertz CT molecular complexity index is 1590. The van der Waals surface area contributed by atoms with Gasteiger partial charge in [0, 0.05) is 24.9 Å². The first-order valence-corrected chi connectivity index (χ1v) is 15.5. The molecule has 12 heteroatoms. The number of sulfonamides is 1. The number of aliphatic imine (C=N–C) groups is 1. The molecule has 1 aromatic carbocycles. The van der Waals surface area contributed by atoms with Crippen molar-refractivity contribution in [1.82, 2.24) is 14.7 Å². The van der Waals surface area contributed by atoms with E-state index in [0.29, 0.717) is 46.2 Å². The number of aromatic nitrogens is 2. The van der Waals surface area contributed by atoms with Gasteiger partial charge in [0.25, 0.3) is 0 Å². The minimum Gasteiger partial charge on any atom is -0.470 e. The molecule has 4 heterocycles. The molecule has 2 saturated heterocycles. The van der Waals surface area contributed by atoms with E-state index >= 15 is 0 Å². The van der Waals surface area contributed by atoms with Crippen molar-refractivity contribution in [2.24, 2.45) is 4.99 Å². The maximum Gasteiger partial charge on any atom is 0.208 e. The second kappa shape index (κ2) is 10.9. The monoisotopic (exact) mass is 586 g/mol. The smallest absolute Gasteiger partial charge is 0.208 e. The number of nitrogens with one attached hydrogen (secondary N) is 2. The Morgan fingerprint density at radius 1 is 1.20 bits per heavy atom. The van der Waals surface area contributed by atoms with Crippen LogP contribution in [0.2, 0.25) is 5.02 Å². The van der Waals surface area contributed by atoms with E-state index in [1.165, 1.54) is 11.8 Å². The maximum atomic E-state index is 11.5. The number of pyridine rings is 1. The summed E-state index contributed by atoms with van der Waals surface area (Å²) < 4.78 is 43.4. The third kappa shape index (κ3) is 5.41. The number of allylic oxidation sites excluding steroid dienone is 1. The number of hydrogen-bond donors (Lipinski definition) is 3. The third-order valence-corrected chi connectivity index (χ3v) is 8.60. The highest BCUT2D eigenvalue weighted by Crippen LogP contribution is 2.36. The van der Waals surface area contributed by atoms with Crippen LogP contribution in [0.1, 0.15) is 30.4 Å². The van der Waals surface area contributed by atoms with E-state index in [0.717, 1.165) is 24.0 Å². The zero-order chi connectivity index (χ0) is 28.0. The van der Waals surface area contributed by atoms with Crippen LogP contribution in [0.3, 0.4) is 0 Å². The van der Waals surface area contributed by atoms with E-state index < -0.39 is 22.2 Å². The molecule has 1 aliphatic carbocycles. The molecule has 2 fully saturated rings. The van der Waals surface area contributed by atoms with Crippen LogP contribution in [0.25, 0.3) is 27.9 Å². The van der Waals surface area contributed by atoms with Gasteiger partial charge in [-0.15, -0.1) is 0 Å². The van der Waals surface area contributed by atoms with E-state index in [-0.39, 0.29) is 24.9 Å². The van der Waals surface area contributed by atoms with Crippen molar-refractivity contribution in [1.29, 1.82) is 0 Å². The fraction of sp³-hybridized carbons (Fsp3) is 0.429. The standard InChI is InChI=1S/C28H31ClN4O6S/c1-30-12-19-25-21(31-28(19)39-23-14-38-26-22(34)13-37-27(23)26)11-20(29)24(32-25)17-5-3-15(4-6-17)16-7-9-18(10-8-16)33-40(2,35)36/h3-7,11-12,18,22-23,26-27,31,33-34H,8-10,13-14H2,1-2H3/t18?,22-,23-,26-,27-/m1/s1. The Hall–Kier alpha value is -2.80. The fourth-order valence-corrected chi connectivity index (χ4v) is 6.76. The van der Waals surface area contributed by atoms with Crippen molar-refractivity contribution < 1.29 is 27.7 Å². The first kappa shape index (κ1) is 27.4. The number of halogens is 1. The number of nitrogens with zero attached hydrogens (tertiary/aromatic N) is 2. The first-order valence-electron chi connectivity index (χ1n) is 13.2. The molecule has 0 saturated carbocycles. The first-order chi connectivity index (χ1) is 19.2. The molecular weight excluding hydrogens is 556 g/mol. The van der Waals surface area contributed by atoms with Gasteiger partial charge < -0.3 is 24.3 Å². The topological polar surface area (TPSA) is 135 Å². The van der Waals surface area contributed by atoms with E-state index in [9.17, 15) is 13.5 Å². The summed E-state index contributed by atoms with van der Waals surface area (Å²) >= 11 is 6.70. The molecule has 10 nitrogen and oxygen atoms in total. The van der Waals surface area contributed by atoms with Crippen molar-refractivity contribution in [3.05, 3.63) is 52.6 Å². The lowest BCUT2D eigenvalue weighted by molar-refractivity contribution is 0.00792. The highest BCUT2D eigenvalue weighted by atomic mass is 35.5. The van der Waals surface area contributed by atoms with Crippen molar-refractivity contribution in [3.63, 3.8) is 0 Å². The maximum absolute atomic E-state index is 11.5. The molecule has 3 aliphatic rings. The van der Waals surface area contributed by atoms with Crippen LogP contribution in [0.15, 0.2) is 41.4 Å². The summed E-state index contributed by atoms with van der Waals surface area (Å²) in [6, 6.07) is 9.83. The van der Waals surface area contributed by atoms with Gasteiger partial charge in [-0.3, -0.25) is 4.99 Å². The second-order valence-electron chi connectivity index (χ2n) is 10.5. The number of ether oxygens (including phenoxy) is 3. The van der Waals surface area contributed by atoms with Gasteiger partial charge >= 0.3 is 0 Å². The highest BCUT2D eigenvalue weighted by Gasteiger charge is 2.48. The van der Waals surface area contributed by atoms with Crippen molar-refractivity contribution in [3.8, 4) is 17.1 Å². The Morgan fingerprint density at radius 2 is 1.95 bits per heavy atom. The zero-order valence-electron chi connectivity index (χ0n) is 22.1. The van der Waals surface area contributed by atoms with E-state index in [1.54, 1.807) is 13.3 Å². The fourth-order valence-electron chi connectivity index (χ4n) is 5.68. The summed E-state index contributed by atoms with van der Waals surface area (Å²) in [5.74, 6) is 0.490. The van der Waals surface area contributed by atoms with Gasteiger partial charge in [0.2, 0.25) is 15.9 Å². The molecule has 0 amide bonds. The number of aromatic amines is 1. The van der Waals surface area contributed by atoms with Gasteiger partial charge in [0.15, 0.2) is 6.10 Å². The van der Waals surface area contributed by atoms with Crippen molar-refractivity contribution in [2.45, 2.75) is 49.7 Å². The van der Waals surface area contributed by atoms with E-state index in [1.807, 2.05) is 30.3 Å². The van der Waals surface area contributed by atoms with Gasteiger partial charge in [-0.1, -0.05) is 41.9 Å². The molecule has 40 heavy (non-hydrogen) atoms.